The summed E-state index contributed by atoms with van der Waals surface area (Å²) in [4.78, 5) is 17.3. The third kappa shape index (κ3) is 3.97. The minimum Gasteiger partial charge on any atom is -0.496 e. The van der Waals surface area contributed by atoms with Crippen molar-refractivity contribution in [2.24, 2.45) is 0 Å². The third-order valence-corrected chi connectivity index (χ3v) is 5.27. The molecular weight excluding hydrogens is 420 g/mol. The topological polar surface area (TPSA) is 107 Å². The van der Waals surface area contributed by atoms with Crippen LogP contribution in [-0.4, -0.2) is 48.6 Å². The summed E-state index contributed by atoms with van der Waals surface area (Å²) in [6.07, 6.45) is 5.79. The summed E-state index contributed by atoms with van der Waals surface area (Å²) in [5.41, 5.74) is 2.27. The Morgan fingerprint density at radius 2 is 2.13 bits per heavy atom. The van der Waals surface area contributed by atoms with Crippen LogP contribution in [0, 0.1) is 0 Å². The number of hydrogen-bond donors (Lipinski definition) is 2. The molecule has 0 saturated heterocycles. The molecule has 4 aromatic rings. The molecular formula is C21H21ClN6O3. The Morgan fingerprint density at radius 1 is 1.32 bits per heavy atom. The number of aromatic nitrogens is 5. The molecule has 2 atom stereocenters. The molecule has 0 aliphatic carbocycles. The van der Waals surface area contributed by atoms with E-state index in [-0.39, 0.29) is 11.9 Å². The summed E-state index contributed by atoms with van der Waals surface area (Å²) in [7, 11) is 1.55. The van der Waals surface area contributed by atoms with Crippen molar-refractivity contribution in [2.75, 3.05) is 12.4 Å². The van der Waals surface area contributed by atoms with Crippen molar-refractivity contribution in [3.8, 4) is 17.0 Å². The fraction of sp³-hybridized carbons (Fsp3) is 0.238. The van der Waals surface area contributed by atoms with Gasteiger partial charge >= 0.3 is 0 Å². The number of fused-ring (bicyclic) bond motifs is 1. The minimum atomic E-state index is -0.652. The molecule has 0 aliphatic heterocycles. The second kappa shape index (κ2) is 8.37. The van der Waals surface area contributed by atoms with Crippen LogP contribution in [0.3, 0.4) is 0 Å². The molecule has 1 amide bonds. The highest BCUT2D eigenvalue weighted by molar-refractivity contribution is 6.31. The number of rotatable bonds is 6. The predicted molar refractivity (Wildman–Crippen MR) is 117 cm³/mol. The number of nitrogens with zero attached hydrogens (tertiary/aromatic N) is 5. The molecule has 0 aliphatic rings. The largest absolute Gasteiger partial charge is 0.496 e. The van der Waals surface area contributed by atoms with Crippen molar-refractivity contribution >= 4 is 28.8 Å². The number of carbonyl (C=O) groups is 1. The van der Waals surface area contributed by atoms with Gasteiger partial charge in [-0.1, -0.05) is 11.6 Å². The van der Waals surface area contributed by atoms with E-state index >= 15 is 0 Å². The lowest BCUT2D eigenvalue weighted by atomic mass is 10.1. The summed E-state index contributed by atoms with van der Waals surface area (Å²) in [6.45, 7) is 3.51. The Balaban J connectivity index is 1.79. The van der Waals surface area contributed by atoms with Gasteiger partial charge in [-0.25, -0.2) is 9.50 Å². The first-order chi connectivity index (χ1) is 14.9. The second-order valence-electron chi connectivity index (χ2n) is 7.10. The van der Waals surface area contributed by atoms with E-state index in [1.165, 1.54) is 10.7 Å². The summed E-state index contributed by atoms with van der Waals surface area (Å²) in [5.74, 6) is 0.160. The second-order valence-corrected chi connectivity index (χ2v) is 7.53. The number of ether oxygens (including phenoxy) is 1. The molecule has 31 heavy (non-hydrogen) atoms. The zero-order valence-corrected chi connectivity index (χ0v) is 17.9. The number of amides is 1. The highest BCUT2D eigenvalue weighted by atomic mass is 35.5. The van der Waals surface area contributed by atoms with E-state index in [9.17, 15) is 9.90 Å². The van der Waals surface area contributed by atoms with Crippen molar-refractivity contribution in [3.05, 3.63) is 59.6 Å². The molecule has 0 bridgehead atoms. The standard InChI is InChI=1S/C21H21ClN6O3/c1-12(13(2)29)28-11-17(19(26-28)15-9-14(22)5-6-18(15)31-3)25-21(30)16-10-24-27-8-4-7-23-20(16)27/h4-13,29H,1-3H3,(H,25,30)/t12-,13+/m1/s1. The number of aliphatic hydroxyl groups is 1. The van der Waals surface area contributed by atoms with Crippen molar-refractivity contribution in [1.29, 1.82) is 0 Å². The zero-order chi connectivity index (χ0) is 22.1. The maximum Gasteiger partial charge on any atom is 0.261 e. The molecule has 3 heterocycles. The lowest BCUT2D eigenvalue weighted by molar-refractivity contribution is 0.102. The maximum atomic E-state index is 13.1. The van der Waals surface area contributed by atoms with Gasteiger partial charge in [0.25, 0.3) is 5.91 Å². The Bertz CT molecular complexity index is 1250. The van der Waals surface area contributed by atoms with Gasteiger partial charge < -0.3 is 15.2 Å². The minimum absolute atomic E-state index is 0.320. The van der Waals surface area contributed by atoms with Gasteiger partial charge in [0.05, 0.1) is 31.1 Å². The number of methoxy groups -OCH3 is 1. The van der Waals surface area contributed by atoms with Gasteiger partial charge in [0.1, 0.15) is 17.0 Å². The van der Waals surface area contributed by atoms with E-state index in [2.05, 4.69) is 20.5 Å². The highest BCUT2D eigenvalue weighted by Crippen LogP contribution is 2.37. The average molecular weight is 441 g/mol. The molecule has 9 nitrogen and oxygen atoms in total. The molecule has 1 aromatic carbocycles. The van der Waals surface area contributed by atoms with Crippen LogP contribution in [0.5, 0.6) is 5.75 Å². The Labute approximate surface area is 183 Å². The van der Waals surface area contributed by atoms with E-state index in [4.69, 9.17) is 16.3 Å². The van der Waals surface area contributed by atoms with Gasteiger partial charge in [0.15, 0.2) is 5.65 Å². The molecule has 0 unspecified atom stereocenters. The molecule has 0 saturated carbocycles. The molecule has 4 rings (SSSR count). The van der Waals surface area contributed by atoms with E-state index in [1.807, 2.05) is 6.92 Å². The van der Waals surface area contributed by atoms with Crippen molar-refractivity contribution in [2.45, 2.75) is 26.0 Å². The van der Waals surface area contributed by atoms with Crippen LogP contribution in [0.25, 0.3) is 16.9 Å². The molecule has 0 radical (unpaired) electrons. The first-order valence-electron chi connectivity index (χ1n) is 9.60. The predicted octanol–water partition coefficient (Wildman–Crippen LogP) is 3.45. The van der Waals surface area contributed by atoms with Gasteiger partial charge in [-0.05, 0) is 38.1 Å². The SMILES string of the molecule is COc1ccc(Cl)cc1-c1nn([C@H](C)[C@H](C)O)cc1NC(=O)c1cnn2cccnc12. The quantitative estimate of drug-likeness (QED) is 0.475. The molecule has 10 heteroatoms. The summed E-state index contributed by atoms with van der Waals surface area (Å²) >= 11 is 6.21. The zero-order valence-electron chi connectivity index (χ0n) is 17.2. The Morgan fingerprint density at radius 3 is 2.87 bits per heavy atom. The molecule has 160 valence electrons. The van der Waals surface area contributed by atoms with Crippen molar-refractivity contribution in [3.63, 3.8) is 0 Å². The van der Waals surface area contributed by atoms with Gasteiger partial charge in [0, 0.05) is 29.2 Å². The molecule has 3 aromatic heterocycles. The van der Waals surface area contributed by atoms with Crippen LogP contribution in [-0.2, 0) is 0 Å². The first-order valence-corrected chi connectivity index (χ1v) is 9.97. The van der Waals surface area contributed by atoms with E-state index in [1.54, 1.807) is 61.6 Å². The summed E-state index contributed by atoms with van der Waals surface area (Å²) in [6, 6.07) is 6.56. The lowest BCUT2D eigenvalue weighted by Crippen LogP contribution is -2.18. The van der Waals surface area contributed by atoms with Crippen LogP contribution >= 0.6 is 11.6 Å². The number of hydrogen-bond acceptors (Lipinski definition) is 6. The summed E-state index contributed by atoms with van der Waals surface area (Å²) in [5, 5.41) is 22.2. The van der Waals surface area contributed by atoms with Gasteiger partial charge in [0.2, 0.25) is 0 Å². The van der Waals surface area contributed by atoms with Crippen LogP contribution in [0.15, 0.2) is 49.1 Å². The highest BCUT2D eigenvalue weighted by Gasteiger charge is 2.23. The van der Waals surface area contributed by atoms with Crippen LogP contribution in [0.1, 0.15) is 30.2 Å². The monoisotopic (exact) mass is 440 g/mol. The third-order valence-electron chi connectivity index (χ3n) is 5.04. The molecule has 0 fully saturated rings. The number of aliphatic hydroxyl groups excluding tert-OH is 1. The number of nitrogens with one attached hydrogen (secondary N) is 1. The van der Waals surface area contributed by atoms with Crippen molar-refractivity contribution in [1.82, 2.24) is 24.4 Å². The van der Waals surface area contributed by atoms with E-state index in [0.717, 1.165) is 0 Å². The fourth-order valence-corrected chi connectivity index (χ4v) is 3.33. The Hall–Kier alpha value is -3.43. The van der Waals surface area contributed by atoms with Gasteiger partial charge in [-0.15, -0.1) is 0 Å². The number of halogens is 1. The van der Waals surface area contributed by atoms with Crippen molar-refractivity contribution < 1.29 is 14.6 Å². The summed E-state index contributed by atoms with van der Waals surface area (Å²) < 4.78 is 8.59. The average Bonchev–Trinajstić information content (AvgIpc) is 3.37. The van der Waals surface area contributed by atoms with Crippen LogP contribution in [0.2, 0.25) is 5.02 Å². The number of anilines is 1. The molecule has 0 spiro atoms. The van der Waals surface area contributed by atoms with E-state index < -0.39 is 6.10 Å². The van der Waals surface area contributed by atoms with Crippen LogP contribution in [0.4, 0.5) is 5.69 Å². The van der Waals surface area contributed by atoms with Gasteiger partial charge in [-0.2, -0.15) is 10.2 Å². The fourth-order valence-electron chi connectivity index (χ4n) is 3.15. The normalized spacial score (nSPS) is 13.2. The Kier molecular flexibility index (Phi) is 5.62. The van der Waals surface area contributed by atoms with Gasteiger partial charge in [-0.3, -0.25) is 9.48 Å². The van der Waals surface area contributed by atoms with Crippen LogP contribution < -0.4 is 10.1 Å². The number of benzene rings is 1. The smallest absolute Gasteiger partial charge is 0.261 e. The van der Waals surface area contributed by atoms with E-state index in [0.29, 0.717) is 38.9 Å². The lowest BCUT2D eigenvalue weighted by Gasteiger charge is -2.14. The first kappa shape index (κ1) is 20.8. The maximum absolute atomic E-state index is 13.1. The number of carbonyl (C=O) groups excluding carboxylic acids is 1. The molecule has 2 N–H and O–H groups in total.